The summed E-state index contributed by atoms with van der Waals surface area (Å²) < 4.78 is 0. The summed E-state index contributed by atoms with van der Waals surface area (Å²) in [5, 5.41) is 47.4. The third kappa shape index (κ3) is 33.7. The molecular formula is C67H111N17O15S. The quantitative estimate of drug-likeness (QED) is 0.0110. The predicted molar refractivity (Wildman–Crippen MR) is 379 cm³/mol. The molecule has 0 unspecified atom stereocenters. The number of amides is 7. The number of hydrogen-bond donors (Lipinski definition) is 14. The van der Waals surface area contributed by atoms with E-state index in [4.69, 9.17) is 39.9 Å². The second-order valence-corrected chi connectivity index (χ2v) is 27.5. The van der Waals surface area contributed by atoms with Crippen molar-refractivity contribution in [1.29, 1.82) is 0 Å². The molecule has 0 aromatic heterocycles. The van der Waals surface area contributed by atoms with Crippen molar-refractivity contribution in [2.24, 2.45) is 90.9 Å². The highest BCUT2D eigenvalue weighted by Crippen LogP contribution is 2.27. The summed E-state index contributed by atoms with van der Waals surface area (Å²) in [6.45, 7) is 9.05. The van der Waals surface area contributed by atoms with E-state index in [1.54, 1.807) is 27.0 Å². The largest absolute Gasteiger partial charge is 0.508 e. The number of nitrogens with two attached hydrogens (primary N) is 6. The highest BCUT2D eigenvalue weighted by atomic mass is 32.2. The van der Waals surface area contributed by atoms with Crippen molar-refractivity contribution in [2.45, 2.75) is 206 Å². The van der Waals surface area contributed by atoms with Gasteiger partial charge < -0.3 is 81.2 Å². The zero-order valence-corrected chi connectivity index (χ0v) is 59.7. The van der Waals surface area contributed by atoms with Crippen LogP contribution in [0.2, 0.25) is 0 Å². The van der Waals surface area contributed by atoms with Crippen molar-refractivity contribution < 1.29 is 72.9 Å². The van der Waals surface area contributed by atoms with Crippen molar-refractivity contribution in [2.75, 3.05) is 51.3 Å². The van der Waals surface area contributed by atoms with E-state index in [9.17, 15) is 72.9 Å². The minimum atomic E-state index is -1.84. The molecular weight excluding hydrogens is 1310 g/mol. The van der Waals surface area contributed by atoms with Crippen LogP contribution in [0.3, 0.4) is 0 Å². The molecule has 2 rings (SSSR count). The summed E-state index contributed by atoms with van der Waals surface area (Å²) in [6.07, 6.45) is 2.61. The first-order valence-electron chi connectivity index (χ1n) is 34.5. The number of carboxylic acid groups (broad SMARTS) is 1. The number of aliphatic carboxylic acids is 1. The first kappa shape index (κ1) is 87.8. The molecule has 100 heavy (non-hydrogen) atoms. The number of aliphatic hydroxyl groups excluding tert-OH is 1. The Balaban J connectivity index is 2.50. The number of nitrogens with one attached hydrogen (secondary N) is 5. The first-order valence-corrected chi connectivity index (χ1v) is 35.9. The zero-order chi connectivity index (χ0) is 75.0. The number of carbonyl (C=O) groups is 12. The molecule has 1 aliphatic rings. The van der Waals surface area contributed by atoms with Crippen LogP contribution in [0.4, 0.5) is 0 Å². The van der Waals surface area contributed by atoms with Gasteiger partial charge in [0.05, 0.1) is 31.2 Å². The molecule has 1 aromatic carbocycles. The van der Waals surface area contributed by atoms with Crippen LogP contribution in [0.1, 0.15) is 169 Å². The van der Waals surface area contributed by atoms with Crippen LogP contribution >= 0.6 is 11.8 Å². The van der Waals surface area contributed by atoms with Gasteiger partial charge in [-0.25, -0.2) is 0 Å². The molecule has 33 heteroatoms. The maximum absolute atomic E-state index is 14.7. The van der Waals surface area contributed by atoms with Gasteiger partial charge in [0.15, 0.2) is 35.1 Å². The fourth-order valence-electron chi connectivity index (χ4n) is 11.8. The molecule has 1 aromatic rings. The zero-order valence-electron chi connectivity index (χ0n) is 58.9. The van der Waals surface area contributed by atoms with Gasteiger partial charge in [0, 0.05) is 79.8 Å². The molecule has 1 heterocycles. The average molecular weight is 1430 g/mol. The van der Waals surface area contributed by atoms with Gasteiger partial charge in [-0.15, -0.1) is 0 Å². The van der Waals surface area contributed by atoms with E-state index in [0.29, 0.717) is 37.1 Å². The molecule has 0 saturated carbocycles. The van der Waals surface area contributed by atoms with Gasteiger partial charge in [0.25, 0.3) is 0 Å². The monoisotopic (exact) mass is 1430 g/mol. The van der Waals surface area contributed by atoms with Gasteiger partial charge in [0.1, 0.15) is 23.9 Å². The van der Waals surface area contributed by atoms with Crippen molar-refractivity contribution in [3.8, 4) is 5.75 Å². The Kier molecular flexibility index (Phi) is 41.9. The Morgan fingerprint density at radius 3 is 1.64 bits per heavy atom. The number of likely N-dealkylation sites (tertiary alicyclic amines) is 1. The maximum atomic E-state index is 14.7. The lowest BCUT2D eigenvalue weighted by Gasteiger charge is -2.30. The molecule has 0 radical (unpaired) electrons. The van der Waals surface area contributed by atoms with Crippen LogP contribution < -0.4 is 61.0 Å². The smallest absolute Gasteiger partial charge is 0.305 e. The Morgan fingerprint density at radius 1 is 0.590 bits per heavy atom. The molecule has 0 spiro atoms. The Hall–Kier alpha value is -8.26. The second kappa shape index (κ2) is 47.7. The number of phenolic OH excluding ortho intramolecular Hbond substituents is 1. The van der Waals surface area contributed by atoms with Gasteiger partial charge in [-0.2, -0.15) is 11.8 Å². The summed E-state index contributed by atoms with van der Waals surface area (Å²) in [7, 11) is 0. The second-order valence-electron chi connectivity index (χ2n) is 26.6. The number of aliphatic imine (C=N–C) groups is 2. The SMILES string of the molecule is CSCC[C@H](CC(=O)[C@H](CO)NC(=O)[C@H](CCCN=C(N)N)CC(=O)[C@H](CC(C)C)NC(=O)[C@@H](C)CCCCN)C(=O)N1CCC[C@H]1C(=O)N[C@@H](CC(=O)O)C(=O)N[C@@H](CCCCN)C(=O)C[C@@H](Cc1ccc(O)cc1)C(=O)N[C@@H](CCCN=C(N)N)C(=O)C[C@@H](CC(C)C)C(=O)N=[N+]=[N-]. The Labute approximate surface area is 590 Å². The molecule has 1 saturated heterocycles. The fraction of sp³-hybridized carbons (Fsp3) is 0.701. The molecule has 7 amide bonds. The number of guanidine groups is 2. The fourth-order valence-corrected chi connectivity index (χ4v) is 12.3. The van der Waals surface area contributed by atoms with Crippen LogP contribution in [0.25, 0.3) is 10.4 Å². The van der Waals surface area contributed by atoms with Crippen molar-refractivity contribution in [3.05, 3.63) is 40.3 Å². The minimum Gasteiger partial charge on any atom is -0.508 e. The van der Waals surface area contributed by atoms with E-state index in [2.05, 4.69) is 46.6 Å². The number of Topliss-reactive ketones (excluding diaryl/α,β-unsaturated/α-hetero) is 4. The highest BCUT2D eigenvalue weighted by molar-refractivity contribution is 7.98. The van der Waals surface area contributed by atoms with E-state index in [1.165, 1.54) is 40.9 Å². The van der Waals surface area contributed by atoms with Gasteiger partial charge in [-0.05, 0) is 162 Å². The third-order valence-corrected chi connectivity index (χ3v) is 17.9. The summed E-state index contributed by atoms with van der Waals surface area (Å²) >= 11 is 1.36. The highest BCUT2D eigenvalue weighted by Gasteiger charge is 2.41. The van der Waals surface area contributed by atoms with Gasteiger partial charge in [0.2, 0.25) is 41.4 Å². The van der Waals surface area contributed by atoms with Gasteiger partial charge in [-0.1, -0.05) is 53.2 Å². The van der Waals surface area contributed by atoms with E-state index in [1.807, 2.05) is 13.8 Å². The number of carbonyl (C=O) groups excluding carboxylic acids is 11. The number of thioether (sulfide) groups is 1. The van der Waals surface area contributed by atoms with Crippen molar-refractivity contribution in [1.82, 2.24) is 31.5 Å². The molecule has 0 bridgehead atoms. The molecule has 20 N–H and O–H groups in total. The summed E-state index contributed by atoms with van der Waals surface area (Å²) in [4.78, 5) is 180. The molecule has 1 aliphatic heterocycles. The number of carboxylic acids is 1. The van der Waals surface area contributed by atoms with E-state index < -0.39 is 163 Å². The summed E-state index contributed by atoms with van der Waals surface area (Å²) in [5.74, 6) is -14.6. The number of benzene rings is 1. The number of aliphatic hydroxyl groups is 1. The standard InChI is InChI=1S/C67H111N17O15S/c1-39(2)30-45(62(96)82-83-74)35-54(87)49(17-12-27-76-67(72)73)77-61(95)46(32-42-19-21-47(86)22-20-42)36-55(88)48(16-8-10-25-69)78-63(97)51(37-58(91)92)80-64(98)53-18-13-28-84(53)65(99)44(23-29-100-6)34-57(90)52(38-85)81-60(94)43(15-11-26-75-66(70)71)33-56(89)50(31-40(3)4)79-59(93)41(5)14-7-9-24-68/h19-22,39-41,43-46,48-53,85-86H,7-18,23-38,68-69H2,1-6H3,(H,77,95)(H,78,97)(H,79,93)(H,80,98)(H,81,94)(H,91,92)(H4,70,71,75)(H4,72,73,76)/t41-,43+,44+,45+,46+,48-,49-,50-,51-,52-,53-/m0/s1. The molecule has 11 atom stereocenters. The van der Waals surface area contributed by atoms with Crippen molar-refractivity contribution in [3.63, 3.8) is 0 Å². The summed E-state index contributed by atoms with van der Waals surface area (Å²) in [5.41, 5.74) is 43.1. The number of ketones is 4. The predicted octanol–water partition coefficient (Wildman–Crippen LogP) is 1.80. The Morgan fingerprint density at radius 2 is 1.09 bits per heavy atom. The lowest BCUT2D eigenvalue weighted by Crippen LogP contribution is -2.56. The number of rotatable bonds is 52. The lowest BCUT2D eigenvalue weighted by atomic mass is 9.87. The normalized spacial score (nSPS) is 15.8. The lowest BCUT2D eigenvalue weighted by molar-refractivity contribution is -0.145. The number of phenols is 1. The molecule has 32 nitrogen and oxygen atoms in total. The van der Waals surface area contributed by atoms with Gasteiger partial charge in [-0.3, -0.25) is 67.5 Å². The van der Waals surface area contributed by atoms with Crippen molar-refractivity contribution >= 4 is 94.1 Å². The number of azide groups is 1. The van der Waals surface area contributed by atoms with Crippen LogP contribution in [-0.4, -0.2) is 190 Å². The average Bonchev–Trinajstić information content (AvgIpc) is 1.60. The number of nitrogens with zero attached hydrogens (tertiary/aromatic N) is 6. The van der Waals surface area contributed by atoms with Crippen LogP contribution in [0.15, 0.2) is 39.4 Å². The topological polar surface area (TPSA) is 559 Å². The summed E-state index contributed by atoms with van der Waals surface area (Å²) in [6, 6.07) is -2.54. The molecule has 560 valence electrons. The van der Waals surface area contributed by atoms with Crippen LogP contribution in [-0.2, 0) is 64.0 Å². The third-order valence-electron chi connectivity index (χ3n) is 17.2. The number of unbranched alkanes of at least 4 members (excludes halogenated alkanes) is 2. The van der Waals surface area contributed by atoms with E-state index >= 15 is 0 Å². The van der Waals surface area contributed by atoms with Crippen LogP contribution in [0, 0.1) is 41.4 Å². The molecule has 0 aliphatic carbocycles. The van der Waals surface area contributed by atoms with Gasteiger partial charge >= 0.3 is 5.97 Å². The minimum absolute atomic E-state index is 0.0110. The van der Waals surface area contributed by atoms with Crippen LogP contribution in [0.5, 0.6) is 5.75 Å². The number of aromatic hydroxyl groups is 1. The first-order chi connectivity index (χ1) is 47.4. The van der Waals surface area contributed by atoms with E-state index in [-0.39, 0.29) is 145 Å². The van der Waals surface area contributed by atoms with E-state index in [0.717, 1.165) is 6.42 Å². The Bertz CT molecular complexity index is 2960. The maximum Gasteiger partial charge on any atom is 0.305 e. The number of hydrogen-bond acceptors (Lipinski definition) is 19. The molecule has 1 fully saturated rings.